The van der Waals surface area contributed by atoms with Crippen LogP contribution in [-0.4, -0.2) is 11.2 Å². The van der Waals surface area contributed by atoms with Crippen LogP contribution in [0.2, 0.25) is 0 Å². The number of rotatable bonds is 10. The molecule has 0 aliphatic rings. The molecule has 0 aliphatic carbocycles. The topological polar surface area (TPSA) is 20.2 Å². The fourth-order valence-corrected chi connectivity index (χ4v) is 1.70. The molecule has 0 aromatic heterocycles. The van der Waals surface area contributed by atoms with Crippen LogP contribution >= 0.6 is 0 Å². The summed E-state index contributed by atoms with van der Waals surface area (Å²) in [7, 11) is 0. The van der Waals surface area contributed by atoms with E-state index in [2.05, 4.69) is 18.4 Å². The van der Waals surface area contributed by atoms with E-state index in [9.17, 15) is 5.11 Å². The van der Waals surface area contributed by atoms with Crippen LogP contribution in [0.15, 0.2) is 12.7 Å². The van der Waals surface area contributed by atoms with E-state index in [0.717, 1.165) is 19.3 Å². The van der Waals surface area contributed by atoms with Crippen LogP contribution in [0.3, 0.4) is 0 Å². The Bertz CT molecular complexity index is 209. The molecule has 92 valence electrons. The highest BCUT2D eigenvalue weighted by Crippen LogP contribution is 2.10. The second-order valence-corrected chi connectivity index (χ2v) is 4.27. The van der Waals surface area contributed by atoms with E-state index >= 15 is 0 Å². The zero-order chi connectivity index (χ0) is 12.1. The molecule has 0 fully saturated rings. The Balaban J connectivity index is 3.13. The first kappa shape index (κ1) is 15.3. The summed E-state index contributed by atoms with van der Waals surface area (Å²) in [6.07, 6.45) is 12.0. The summed E-state index contributed by atoms with van der Waals surface area (Å²) in [6, 6.07) is 0. The van der Waals surface area contributed by atoms with Crippen LogP contribution in [0, 0.1) is 11.8 Å². The number of aliphatic hydroxyl groups is 1. The van der Waals surface area contributed by atoms with Crippen LogP contribution in [-0.2, 0) is 0 Å². The van der Waals surface area contributed by atoms with Crippen molar-refractivity contribution in [3.05, 3.63) is 12.7 Å². The van der Waals surface area contributed by atoms with Crippen molar-refractivity contribution in [2.24, 2.45) is 0 Å². The fraction of sp³-hybridized carbons (Fsp3) is 0.733. The third-order valence-electron chi connectivity index (χ3n) is 2.71. The summed E-state index contributed by atoms with van der Waals surface area (Å²) in [5, 5.41) is 9.54. The Labute approximate surface area is 101 Å². The van der Waals surface area contributed by atoms with Gasteiger partial charge in [0.1, 0.15) is 0 Å². The monoisotopic (exact) mass is 222 g/mol. The van der Waals surface area contributed by atoms with Gasteiger partial charge in [0.05, 0.1) is 6.10 Å². The second kappa shape index (κ2) is 12.3. The third-order valence-corrected chi connectivity index (χ3v) is 2.71. The predicted molar refractivity (Wildman–Crippen MR) is 71.2 cm³/mol. The minimum absolute atomic E-state index is 0.215. The molecule has 1 unspecified atom stereocenters. The maximum atomic E-state index is 9.54. The van der Waals surface area contributed by atoms with Crippen molar-refractivity contribution in [3.63, 3.8) is 0 Å². The number of hydrogen-bond acceptors (Lipinski definition) is 1. The summed E-state index contributed by atoms with van der Waals surface area (Å²) in [5.41, 5.74) is 0. The van der Waals surface area contributed by atoms with Crippen molar-refractivity contribution < 1.29 is 5.11 Å². The molecular formula is C15H26O. The molecule has 1 heteroatoms. The molecule has 0 spiro atoms. The molecule has 0 amide bonds. The van der Waals surface area contributed by atoms with E-state index in [-0.39, 0.29) is 6.10 Å². The summed E-state index contributed by atoms with van der Waals surface area (Å²) in [6.45, 7) is 5.53. The van der Waals surface area contributed by atoms with Crippen molar-refractivity contribution in [1.82, 2.24) is 0 Å². The molecule has 1 nitrogen and oxygen atoms in total. The van der Waals surface area contributed by atoms with Gasteiger partial charge in [0, 0.05) is 6.42 Å². The predicted octanol–water partition coefficient (Wildman–Crippen LogP) is 4.07. The lowest BCUT2D eigenvalue weighted by molar-refractivity contribution is 0.166. The summed E-state index contributed by atoms with van der Waals surface area (Å²) >= 11 is 0. The average Bonchev–Trinajstić information content (AvgIpc) is 2.30. The van der Waals surface area contributed by atoms with Gasteiger partial charge in [0.15, 0.2) is 0 Å². The Morgan fingerprint density at radius 2 is 1.75 bits per heavy atom. The molecular weight excluding hydrogens is 196 g/mol. The molecule has 0 aromatic carbocycles. The minimum Gasteiger partial charge on any atom is -0.392 e. The highest BCUT2D eigenvalue weighted by atomic mass is 16.3. The molecule has 0 rings (SSSR count). The lowest BCUT2D eigenvalue weighted by Crippen LogP contribution is -2.04. The van der Waals surface area contributed by atoms with Gasteiger partial charge in [-0.25, -0.2) is 0 Å². The normalized spacial score (nSPS) is 11.6. The quantitative estimate of drug-likeness (QED) is 0.335. The van der Waals surface area contributed by atoms with Crippen LogP contribution in [0.25, 0.3) is 0 Å². The van der Waals surface area contributed by atoms with Crippen molar-refractivity contribution >= 4 is 0 Å². The van der Waals surface area contributed by atoms with Crippen LogP contribution < -0.4 is 0 Å². The molecule has 1 atom stereocenters. The first-order valence-corrected chi connectivity index (χ1v) is 6.49. The van der Waals surface area contributed by atoms with E-state index in [0.29, 0.717) is 6.42 Å². The van der Waals surface area contributed by atoms with Crippen molar-refractivity contribution in [2.45, 2.75) is 70.8 Å². The Kier molecular flexibility index (Phi) is 11.8. The minimum atomic E-state index is -0.215. The van der Waals surface area contributed by atoms with E-state index in [1.54, 1.807) is 0 Å². The largest absolute Gasteiger partial charge is 0.392 e. The Morgan fingerprint density at radius 1 is 1.12 bits per heavy atom. The first-order chi connectivity index (χ1) is 7.81. The van der Waals surface area contributed by atoms with Gasteiger partial charge < -0.3 is 5.11 Å². The average molecular weight is 222 g/mol. The Morgan fingerprint density at radius 3 is 2.38 bits per heavy atom. The number of aliphatic hydroxyl groups excluding tert-OH is 1. The maximum Gasteiger partial charge on any atom is 0.0649 e. The zero-order valence-corrected chi connectivity index (χ0v) is 10.7. The van der Waals surface area contributed by atoms with Gasteiger partial charge in [-0.2, -0.15) is 0 Å². The van der Waals surface area contributed by atoms with Crippen LogP contribution in [0.4, 0.5) is 0 Å². The lowest BCUT2D eigenvalue weighted by atomic mass is 10.0. The number of unbranched alkanes of at least 4 members (excludes halogenated alkanes) is 6. The van der Waals surface area contributed by atoms with Gasteiger partial charge in [-0.15, -0.1) is 18.4 Å². The first-order valence-electron chi connectivity index (χ1n) is 6.49. The van der Waals surface area contributed by atoms with Gasteiger partial charge in [0.2, 0.25) is 0 Å². The summed E-state index contributed by atoms with van der Waals surface area (Å²) in [4.78, 5) is 0. The molecule has 0 aromatic rings. The highest BCUT2D eigenvalue weighted by molar-refractivity contribution is 4.96. The molecule has 0 heterocycles. The van der Waals surface area contributed by atoms with E-state index in [1.165, 1.54) is 32.1 Å². The molecule has 0 saturated heterocycles. The molecule has 16 heavy (non-hydrogen) atoms. The van der Waals surface area contributed by atoms with Gasteiger partial charge in [-0.3, -0.25) is 0 Å². The van der Waals surface area contributed by atoms with E-state index in [1.807, 2.05) is 13.0 Å². The zero-order valence-electron chi connectivity index (χ0n) is 10.7. The smallest absolute Gasteiger partial charge is 0.0649 e. The van der Waals surface area contributed by atoms with Crippen molar-refractivity contribution in [2.75, 3.05) is 0 Å². The SMILES string of the molecule is C=CCCCCCCCCC(O)CC#CC. The fourth-order valence-electron chi connectivity index (χ4n) is 1.70. The molecule has 0 saturated carbocycles. The van der Waals surface area contributed by atoms with Gasteiger partial charge in [-0.1, -0.05) is 38.2 Å². The molecule has 0 radical (unpaired) electrons. The summed E-state index contributed by atoms with van der Waals surface area (Å²) < 4.78 is 0. The molecule has 0 aliphatic heterocycles. The van der Waals surface area contributed by atoms with Crippen molar-refractivity contribution in [3.8, 4) is 11.8 Å². The van der Waals surface area contributed by atoms with Gasteiger partial charge in [-0.05, 0) is 26.2 Å². The number of hydrogen-bond donors (Lipinski definition) is 1. The maximum absolute atomic E-state index is 9.54. The second-order valence-electron chi connectivity index (χ2n) is 4.27. The van der Waals surface area contributed by atoms with Crippen LogP contribution in [0.5, 0.6) is 0 Å². The van der Waals surface area contributed by atoms with E-state index < -0.39 is 0 Å². The lowest BCUT2D eigenvalue weighted by Gasteiger charge is -2.06. The van der Waals surface area contributed by atoms with Crippen molar-refractivity contribution in [1.29, 1.82) is 0 Å². The van der Waals surface area contributed by atoms with Gasteiger partial charge in [0.25, 0.3) is 0 Å². The molecule has 1 N–H and O–H groups in total. The standard InChI is InChI=1S/C15H26O/c1-3-5-7-8-9-10-11-12-14-15(16)13-6-4-2/h3,15-16H,1,5,7-14H2,2H3. The third kappa shape index (κ3) is 11.3. The highest BCUT2D eigenvalue weighted by Gasteiger charge is 2.00. The molecule has 0 bridgehead atoms. The number of allylic oxidation sites excluding steroid dienone is 1. The summed E-state index contributed by atoms with van der Waals surface area (Å²) in [5.74, 6) is 5.72. The Hall–Kier alpha value is -0.740. The van der Waals surface area contributed by atoms with Gasteiger partial charge >= 0.3 is 0 Å². The van der Waals surface area contributed by atoms with E-state index in [4.69, 9.17) is 0 Å². The van der Waals surface area contributed by atoms with Crippen LogP contribution in [0.1, 0.15) is 64.7 Å².